The molecule has 0 aliphatic rings. The van der Waals surface area contributed by atoms with Gasteiger partial charge >= 0.3 is 0 Å². The van der Waals surface area contributed by atoms with Crippen molar-refractivity contribution in [3.8, 4) is 11.1 Å². The van der Waals surface area contributed by atoms with Crippen LogP contribution in [0.15, 0.2) is 36.4 Å². The van der Waals surface area contributed by atoms with Gasteiger partial charge in [-0.2, -0.15) is 0 Å². The largest absolute Gasteiger partial charge is 0.399 e. The molecule has 0 spiro atoms. The molecule has 5 nitrogen and oxygen atoms in total. The highest BCUT2D eigenvalue weighted by Gasteiger charge is 2.15. The van der Waals surface area contributed by atoms with Gasteiger partial charge in [0.1, 0.15) is 0 Å². The summed E-state index contributed by atoms with van der Waals surface area (Å²) in [6.45, 7) is 0. The fraction of sp³-hybridized carbons (Fsp3) is 0. The minimum absolute atomic E-state index is 0.254. The second-order valence-corrected chi connectivity index (χ2v) is 4.14. The van der Waals surface area contributed by atoms with Crippen LogP contribution in [0.4, 0.5) is 11.4 Å². The number of nitrogen functional groups attached to an aromatic ring is 2. The van der Waals surface area contributed by atoms with E-state index in [4.69, 9.17) is 22.6 Å². The van der Waals surface area contributed by atoms with Crippen molar-refractivity contribution in [1.29, 1.82) is 0 Å². The van der Waals surface area contributed by atoms with Gasteiger partial charge in [-0.25, -0.2) is 0 Å². The highest BCUT2D eigenvalue weighted by Crippen LogP contribution is 2.29. The van der Waals surface area contributed by atoms with Gasteiger partial charge in [0.2, 0.25) is 0 Å². The fourth-order valence-electron chi connectivity index (χ4n) is 1.99. The molecule has 96 valence electrons. The molecule has 0 saturated carbocycles. The van der Waals surface area contributed by atoms with Gasteiger partial charge in [0, 0.05) is 5.69 Å². The first-order chi connectivity index (χ1) is 9.04. The Labute approximate surface area is 110 Å². The number of nitrogens with two attached hydrogens (primary N) is 4. The molecule has 0 radical (unpaired) electrons. The van der Waals surface area contributed by atoms with Crippen molar-refractivity contribution in [2.24, 2.45) is 5.73 Å². The maximum absolute atomic E-state index is 11.3. The number of carbonyl (C=O) groups excluding carboxylic acids is 1. The number of carbonyl (C=O) groups is 1. The number of amides is 1. The first-order valence-corrected chi connectivity index (χ1v) is 5.67. The Morgan fingerprint density at radius 2 is 1.89 bits per heavy atom. The van der Waals surface area contributed by atoms with Crippen molar-refractivity contribution < 1.29 is 10.2 Å². The molecule has 0 aliphatic heterocycles. The average molecular weight is 255 g/mol. The van der Waals surface area contributed by atoms with Crippen LogP contribution in [-0.4, -0.2) is 12.1 Å². The molecule has 0 fully saturated rings. The Morgan fingerprint density at radius 3 is 2.47 bits per heavy atom. The third-order valence-electron chi connectivity index (χ3n) is 2.92. The molecule has 0 aromatic heterocycles. The van der Waals surface area contributed by atoms with Gasteiger partial charge < -0.3 is 17.2 Å². The first kappa shape index (κ1) is 12.6. The minimum Gasteiger partial charge on any atom is -0.399 e. The molecule has 8 N–H and O–H groups in total. The zero-order valence-electron chi connectivity index (χ0n) is 10.3. The maximum Gasteiger partial charge on any atom is 0.250 e. The molecule has 2 rings (SSSR count). The van der Waals surface area contributed by atoms with E-state index in [-0.39, 0.29) is 11.3 Å². The lowest BCUT2D eigenvalue weighted by Crippen LogP contribution is -2.31. The summed E-state index contributed by atoms with van der Waals surface area (Å²) in [5.74, 6) is -0.584. The van der Waals surface area contributed by atoms with Crippen LogP contribution in [0, 0.1) is 0 Å². The van der Waals surface area contributed by atoms with E-state index < -0.39 is 5.91 Å². The zero-order chi connectivity index (χ0) is 14.0. The predicted octanol–water partition coefficient (Wildman–Crippen LogP) is -0.205. The van der Waals surface area contributed by atoms with E-state index in [1.54, 1.807) is 18.2 Å². The second kappa shape index (κ2) is 4.81. The van der Waals surface area contributed by atoms with E-state index in [9.17, 15) is 4.79 Å². The number of primary amides is 1. The van der Waals surface area contributed by atoms with E-state index in [1.165, 1.54) is 6.21 Å². The topological polar surface area (TPSA) is 121 Å². The minimum atomic E-state index is -0.584. The van der Waals surface area contributed by atoms with Crippen LogP contribution in [0.2, 0.25) is 0 Å². The highest BCUT2D eigenvalue weighted by molar-refractivity contribution is 6.05. The normalized spacial score (nSPS) is 10.1. The molecular formula is C14H15N4O+. The lowest BCUT2D eigenvalue weighted by Gasteiger charge is -2.10. The van der Waals surface area contributed by atoms with Crippen LogP contribution >= 0.6 is 0 Å². The molecule has 2 aromatic carbocycles. The summed E-state index contributed by atoms with van der Waals surface area (Å²) in [4.78, 5) is 11.3. The summed E-state index contributed by atoms with van der Waals surface area (Å²) in [5, 5.41) is 5.61. The van der Waals surface area contributed by atoms with Gasteiger partial charge in [0.15, 0.2) is 6.21 Å². The van der Waals surface area contributed by atoms with Crippen LogP contribution in [-0.2, 0) is 0 Å². The summed E-state index contributed by atoms with van der Waals surface area (Å²) >= 11 is 0. The van der Waals surface area contributed by atoms with Crippen LogP contribution < -0.4 is 22.6 Å². The van der Waals surface area contributed by atoms with Crippen LogP contribution in [0.5, 0.6) is 0 Å². The molecular weight excluding hydrogens is 240 g/mol. The fourth-order valence-corrected chi connectivity index (χ4v) is 1.99. The van der Waals surface area contributed by atoms with Gasteiger partial charge in [-0.05, 0) is 29.3 Å². The molecule has 5 heteroatoms. The Hall–Kier alpha value is -2.82. The number of benzene rings is 2. The van der Waals surface area contributed by atoms with Crippen molar-refractivity contribution in [2.75, 3.05) is 11.5 Å². The van der Waals surface area contributed by atoms with Crippen LogP contribution in [0.1, 0.15) is 15.9 Å². The van der Waals surface area contributed by atoms with Gasteiger partial charge in [-0.3, -0.25) is 10.2 Å². The number of hydrogen-bond acceptors (Lipinski definition) is 3. The Balaban J connectivity index is 2.69. The SMILES string of the molecule is NC(=O)c1ccc(-c2cccc(N)c2)c(C=[NH2+])c1N. The standard InChI is InChI=1S/C14H14N4O/c15-7-12-10(8-2-1-3-9(16)6-8)4-5-11(13(12)17)14(18)19/h1-7,15H,16-17H2,(H2,18,19)/p+1. The lowest BCUT2D eigenvalue weighted by atomic mass is 9.95. The molecule has 19 heavy (non-hydrogen) atoms. The summed E-state index contributed by atoms with van der Waals surface area (Å²) in [6, 6.07) is 10.7. The molecule has 0 saturated heterocycles. The van der Waals surface area contributed by atoms with Crippen molar-refractivity contribution in [1.82, 2.24) is 0 Å². The Bertz CT molecular complexity index is 664. The summed E-state index contributed by atoms with van der Waals surface area (Å²) in [5.41, 5.74) is 20.4. The van der Waals surface area contributed by atoms with Gasteiger partial charge in [-0.15, -0.1) is 0 Å². The molecule has 0 bridgehead atoms. The van der Waals surface area contributed by atoms with Crippen LogP contribution in [0.25, 0.3) is 11.1 Å². The lowest BCUT2D eigenvalue weighted by molar-refractivity contribution is -0.104. The number of rotatable bonds is 3. The van der Waals surface area contributed by atoms with E-state index >= 15 is 0 Å². The summed E-state index contributed by atoms with van der Waals surface area (Å²) < 4.78 is 0. The van der Waals surface area contributed by atoms with E-state index in [0.717, 1.165) is 11.1 Å². The smallest absolute Gasteiger partial charge is 0.250 e. The van der Waals surface area contributed by atoms with E-state index in [1.807, 2.05) is 18.2 Å². The monoisotopic (exact) mass is 255 g/mol. The molecule has 0 aliphatic carbocycles. The van der Waals surface area contributed by atoms with Crippen molar-refractivity contribution in [3.05, 3.63) is 47.5 Å². The molecule has 1 amide bonds. The predicted molar refractivity (Wildman–Crippen MR) is 76.3 cm³/mol. The third-order valence-corrected chi connectivity index (χ3v) is 2.92. The number of anilines is 2. The molecule has 0 atom stereocenters. The molecule has 0 heterocycles. The second-order valence-electron chi connectivity index (χ2n) is 4.14. The van der Waals surface area contributed by atoms with Gasteiger partial charge in [0.05, 0.1) is 16.8 Å². The van der Waals surface area contributed by atoms with Crippen molar-refractivity contribution in [2.45, 2.75) is 0 Å². The van der Waals surface area contributed by atoms with Crippen LogP contribution in [0.3, 0.4) is 0 Å². The maximum atomic E-state index is 11.3. The third kappa shape index (κ3) is 2.26. The Morgan fingerprint density at radius 1 is 1.16 bits per heavy atom. The number of hydrogen-bond donors (Lipinski definition) is 4. The van der Waals surface area contributed by atoms with E-state index in [0.29, 0.717) is 11.3 Å². The van der Waals surface area contributed by atoms with Gasteiger partial charge in [0.25, 0.3) is 5.91 Å². The summed E-state index contributed by atoms with van der Waals surface area (Å²) in [6.07, 6.45) is 1.36. The van der Waals surface area contributed by atoms with Gasteiger partial charge in [-0.1, -0.05) is 18.2 Å². The first-order valence-electron chi connectivity index (χ1n) is 5.67. The highest BCUT2D eigenvalue weighted by atomic mass is 16.1. The average Bonchev–Trinajstić information content (AvgIpc) is 2.37. The quantitative estimate of drug-likeness (QED) is 0.448. The zero-order valence-corrected chi connectivity index (χ0v) is 10.3. The molecule has 2 aromatic rings. The molecule has 0 unspecified atom stereocenters. The Kier molecular flexibility index (Phi) is 3.20. The van der Waals surface area contributed by atoms with Crippen molar-refractivity contribution in [3.63, 3.8) is 0 Å². The summed E-state index contributed by atoms with van der Waals surface area (Å²) in [7, 11) is 0. The van der Waals surface area contributed by atoms with E-state index in [2.05, 4.69) is 0 Å². The van der Waals surface area contributed by atoms with Crippen molar-refractivity contribution >= 4 is 23.5 Å².